The van der Waals surface area contributed by atoms with Gasteiger partial charge in [0.05, 0.1) is 13.0 Å². The van der Waals surface area contributed by atoms with Crippen LogP contribution in [0.15, 0.2) is 24.3 Å². The predicted molar refractivity (Wildman–Crippen MR) is 89.6 cm³/mol. The fourth-order valence-electron chi connectivity index (χ4n) is 4.48. The monoisotopic (exact) mass is 328 g/mol. The highest BCUT2D eigenvalue weighted by molar-refractivity contribution is 5.77. The fraction of sp³-hybridized carbons (Fsp3) is 0.579. The van der Waals surface area contributed by atoms with Gasteiger partial charge in [-0.05, 0) is 42.7 Å². The fourth-order valence-corrected chi connectivity index (χ4v) is 4.48. The third-order valence-corrected chi connectivity index (χ3v) is 5.94. The summed E-state index contributed by atoms with van der Waals surface area (Å²) in [6.07, 6.45) is 3.67. The number of piperidine rings is 1. The lowest BCUT2D eigenvalue weighted by Crippen LogP contribution is -2.46. The Labute approximate surface area is 142 Å². The zero-order chi connectivity index (χ0) is 16.7. The van der Waals surface area contributed by atoms with Crippen LogP contribution in [0, 0.1) is 11.8 Å². The third-order valence-electron chi connectivity index (χ3n) is 5.94. The summed E-state index contributed by atoms with van der Waals surface area (Å²) in [4.78, 5) is 26.0. The molecule has 1 aromatic carbocycles. The zero-order valence-electron chi connectivity index (χ0n) is 14.0. The van der Waals surface area contributed by atoms with Crippen molar-refractivity contribution >= 4 is 12.0 Å². The van der Waals surface area contributed by atoms with Crippen LogP contribution in [0.1, 0.15) is 36.3 Å². The largest absolute Gasteiger partial charge is 0.469 e. The van der Waals surface area contributed by atoms with Crippen LogP contribution < -0.4 is 5.32 Å². The van der Waals surface area contributed by atoms with E-state index in [0.29, 0.717) is 37.8 Å². The highest BCUT2D eigenvalue weighted by Crippen LogP contribution is 2.54. The van der Waals surface area contributed by atoms with Crippen LogP contribution in [0.25, 0.3) is 0 Å². The molecule has 2 fully saturated rings. The Morgan fingerprint density at radius 2 is 1.92 bits per heavy atom. The molecule has 24 heavy (non-hydrogen) atoms. The molecule has 4 rings (SSSR count). The maximum atomic E-state index is 12.5. The van der Waals surface area contributed by atoms with Gasteiger partial charge in [0.1, 0.15) is 0 Å². The number of urea groups is 1. The molecule has 3 atom stereocenters. The molecular formula is C19H24N2O3. The molecule has 3 unspecified atom stereocenters. The van der Waals surface area contributed by atoms with Gasteiger partial charge >= 0.3 is 12.0 Å². The van der Waals surface area contributed by atoms with Gasteiger partial charge in [0, 0.05) is 25.0 Å². The number of carbonyl (C=O) groups excluding carboxylic acids is 2. The lowest BCUT2D eigenvalue weighted by molar-refractivity contribution is -0.146. The van der Waals surface area contributed by atoms with Gasteiger partial charge in [-0.3, -0.25) is 4.79 Å². The molecule has 1 aromatic rings. The van der Waals surface area contributed by atoms with Crippen LogP contribution in [0.5, 0.6) is 0 Å². The summed E-state index contributed by atoms with van der Waals surface area (Å²) < 4.78 is 4.80. The van der Waals surface area contributed by atoms with E-state index in [-0.39, 0.29) is 24.0 Å². The molecule has 1 saturated carbocycles. The summed E-state index contributed by atoms with van der Waals surface area (Å²) in [5, 5.41) is 3.24. The average Bonchev–Trinajstić information content (AvgIpc) is 3.34. The minimum Gasteiger partial charge on any atom is -0.469 e. The Kier molecular flexibility index (Phi) is 3.94. The van der Waals surface area contributed by atoms with Crippen LogP contribution in [0.3, 0.4) is 0 Å². The second kappa shape index (κ2) is 6.11. The summed E-state index contributed by atoms with van der Waals surface area (Å²) in [6.45, 7) is 1.26. The number of rotatable bonds is 2. The van der Waals surface area contributed by atoms with E-state index in [9.17, 15) is 9.59 Å². The molecule has 5 heteroatoms. The van der Waals surface area contributed by atoms with E-state index in [1.807, 2.05) is 4.90 Å². The van der Waals surface area contributed by atoms with Crippen LogP contribution >= 0.6 is 0 Å². The first kappa shape index (κ1) is 15.5. The molecule has 1 saturated heterocycles. The average molecular weight is 328 g/mol. The molecule has 0 bridgehead atoms. The van der Waals surface area contributed by atoms with Gasteiger partial charge in [-0.15, -0.1) is 0 Å². The van der Waals surface area contributed by atoms with E-state index in [1.165, 1.54) is 18.2 Å². The van der Waals surface area contributed by atoms with E-state index < -0.39 is 0 Å². The summed E-state index contributed by atoms with van der Waals surface area (Å²) in [7, 11) is 1.42. The molecule has 1 N–H and O–H groups in total. The molecular weight excluding hydrogens is 304 g/mol. The van der Waals surface area contributed by atoms with Gasteiger partial charge in [0.25, 0.3) is 0 Å². The maximum Gasteiger partial charge on any atom is 0.317 e. The molecule has 1 heterocycles. The van der Waals surface area contributed by atoms with Gasteiger partial charge in [-0.25, -0.2) is 4.79 Å². The van der Waals surface area contributed by atoms with Crippen molar-refractivity contribution < 1.29 is 14.3 Å². The van der Waals surface area contributed by atoms with Gasteiger partial charge < -0.3 is 15.0 Å². The number of esters is 1. The molecule has 2 amide bonds. The molecule has 5 nitrogen and oxygen atoms in total. The summed E-state index contributed by atoms with van der Waals surface area (Å²) in [5.74, 6) is 0.872. The first-order valence-electron chi connectivity index (χ1n) is 8.90. The Morgan fingerprint density at radius 3 is 2.67 bits per heavy atom. The van der Waals surface area contributed by atoms with E-state index in [4.69, 9.17) is 4.74 Å². The Hall–Kier alpha value is -2.04. The van der Waals surface area contributed by atoms with Crippen molar-refractivity contribution in [3.8, 4) is 0 Å². The topological polar surface area (TPSA) is 58.6 Å². The maximum absolute atomic E-state index is 12.5. The van der Waals surface area contributed by atoms with Gasteiger partial charge in [-0.2, -0.15) is 0 Å². The predicted octanol–water partition coefficient (Wildman–Crippen LogP) is 2.31. The first-order valence-corrected chi connectivity index (χ1v) is 8.90. The molecule has 0 aromatic heterocycles. The Bertz CT molecular complexity index is 652. The smallest absolute Gasteiger partial charge is 0.317 e. The van der Waals surface area contributed by atoms with Crippen molar-refractivity contribution in [1.82, 2.24) is 10.2 Å². The van der Waals surface area contributed by atoms with E-state index in [2.05, 4.69) is 29.6 Å². The molecule has 3 aliphatic rings. The Balaban J connectivity index is 1.33. The van der Waals surface area contributed by atoms with Crippen LogP contribution in [0.4, 0.5) is 4.79 Å². The summed E-state index contributed by atoms with van der Waals surface area (Å²) in [5.41, 5.74) is 2.86. The number of carbonyl (C=O) groups is 2. The number of amides is 2. The van der Waals surface area contributed by atoms with Crippen molar-refractivity contribution in [2.75, 3.05) is 20.2 Å². The molecule has 0 spiro atoms. The number of nitrogens with zero attached hydrogens (tertiary/aromatic N) is 1. The number of fused-ring (bicyclic) bond motifs is 3. The number of hydrogen-bond acceptors (Lipinski definition) is 3. The van der Waals surface area contributed by atoms with E-state index in [0.717, 1.165) is 12.8 Å². The highest BCUT2D eigenvalue weighted by atomic mass is 16.5. The SMILES string of the molecule is COC(=O)C1CCN(C(=O)NC2C3CCc4ccccc4C32)CC1. The van der Waals surface area contributed by atoms with Crippen LogP contribution in [0.2, 0.25) is 0 Å². The van der Waals surface area contributed by atoms with Crippen LogP contribution in [-0.4, -0.2) is 43.1 Å². The normalized spacial score (nSPS) is 28.5. The molecule has 0 radical (unpaired) electrons. The second-order valence-electron chi connectivity index (χ2n) is 7.19. The zero-order valence-corrected chi connectivity index (χ0v) is 14.0. The third kappa shape index (κ3) is 2.66. The number of methoxy groups -OCH3 is 1. The van der Waals surface area contributed by atoms with Crippen molar-refractivity contribution in [2.45, 2.75) is 37.6 Å². The first-order chi connectivity index (χ1) is 11.7. The number of nitrogens with one attached hydrogen (secondary N) is 1. The molecule has 1 aliphatic heterocycles. The van der Waals surface area contributed by atoms with Gasteiger partial charge in [0.2, 0.25) is 0 Å². The van der Waals surface area contributed by atoms with Crippen LogP contribution in [-0.2, 0) is 16.0 Å². The van der Waals surface area contributed by atoms with E-state index in [1.54, 1.807) is 0 Å². The van der Waals surface area contributed by atoms with Gasteiger partial charge in [0.15, 0.2) is 0 Å². The van der Waals surface area contributed by atoms with Crippen molar-refractivity contribution in [3.05, 3.63) is 35.4 Å². The summed E-state index contributed by atoms with van der Waals surface area (Å²) >= 11 is 0. The standard InChI is InChI=1S/C19H24N2O3/c1-24-18(22)13-8-10-21(11-9-13)19(23)20-17-15-7-6-12-4-2-3-5-14(12)16(15)17/h2-5,13,15-17H,6-11H2,1H3,(H,20,23). The van der Waals surface area contributed by atoms with Gasteiger partial charge in [-0.1, -0.05) is 24.3 Å². The lowest BCUT2D eigenvalue weighted by Gasteiger charge is -2.30. The quantitative estimate of drug-likeness (QED) is 0.848. The molecule has 2 aliphatic carbocycles. The lowest BCUT2D eigenvalue weighted by atomic mass is 9.92. The number of benzene rings is 1. The number of aryl methyl sites for hydroxylation is 1. The minimum atomic E-state index is -0.153. The number of ether oxygens (including phenoxy) is 1. The van der Waals surface area contributed by atoms with Crippen molar-refractivity contribution in [2.24, 2.45) is 11.8 Å². The second-order valence-corrected chi connectivity index (χ2v) is 7.19. The summed E-state index contributed by atoms with van der Waals surface area (Å²) in [6, 6.07) is 8.91. The van der Waals surface area contributed by atoms with E-state index >= 15 is 0 Å². The highest BCUT2D eigenvalue weighted by Gasteiger charge is 2.54. The van der Waals surface area contributed by atoms with Crippen molar-refractivity contribution in [3.63, 3.8) is 0 Å². The van der Waals surface area contributed by atoms with Crippen molar-refractivity contribution in [1.29, 1.82) is 0 Å². The minimum absolute atomic E-state index is 0.0233. The number of hydrogen-bond donors (Lipinski definition) is 1. The number of likely N-dealkylation sites (tertiary alicyclic amines) is 1. The Morgan fingerprint density at radius 1 is 1.17 bits per heavy atom. The molecule has 128 valence electrons.